The van der Waals surface area contributed by atoms with Gasteiger partial charge in [-0.05, 0) is 95.0 Å². The molecule has 2 heteroatoms. The van der Waals surface area contributed by atoms with E-state index in [1.54, 1.807) is 0 Å². The Morgan fingerprint density at radius 3 is 1.44 bits per heavy atom. The number of benzene rings is 9. The predicted octanol–water partition coefficient (Wildman–Crippen LogP) is 14.1. The van der Waals surface area contributed by atoms with Crippen LogP contribution in [0.2, 0.25) is 0 Å². The first kappa shape index (κ1) is 30.5. The molecule has 11 rings (SSSR count). The summed E-state index contributed by atoms with van der Waals surface area (Å²) in [4.78, 5) is 10.5. The number of rotatable bonds is 4. The molecule has 0 N–H and O–H groups in total. The molecule has 0 atom stereocenters. The Morgan fingerprint density at radius 2 is 0.759 bits per heavy atom. The van der Waals surface area contributed by atoms with Gasteiger partial charge in [0.05, 0.1) is 22.6 Å². The van der Waals surface area contributed by atoms with Crippen LogP contribution in [-0.4, -0.2) is 9.97 Å². The lowest BCUT2D eigenvalue weighted by Crippen LogP contribution is -1.95. The second kappa shape index (κ2) is 12.2. The summed E-state index contributed by atoms with van der Waals surface area (Å²) in [6.45, 7) is 0. The van der Waals surface area contributed by atoms with E-state index in [1.165, 1.54) is 70.7 Å². The van der Waals surface area contributed by atoms with E-state index in [0.29, 0.717) is 0 Å². The van der Waals surface area contributed by atoms with Crippen LogP contribution in [0.1, 0.15) is 0 Å². The molecule has 0 saturated carbocycles. The Hall–Kier alpha value is -7.16. The van der Waals surface area contributed by atoms with Crippen molar-refractivity contribution >= 4 is 64.8 Å². The van der Waals surface area contributed by atoms with Crippen LogP contribution in [-0.2, 0) is 0 Å². The van der Waals surface area contributed by atoms with Gasteiger partial charge in [-0.3, -0.25) is 0 Å². The molecule has 0 radical (unpaired) electrons. The largest absolute Gasteiger partial charge is 0.246 e. The third kappa shape index (κ3) is 4.74. The second-order valence-electron chi connectivity index (χ2n) is 14.0. The summed E-state index contributed by atoms with van der Waals surface area (Å²) < 4.78 is 0. The number of hydrogen-bond acceptors (Lipinski definition) is 2. The molecule has 250 valence electrons. The van der Waals surface area contributed by atoms with Crippen LogP contribution in [0.3, 0.4) is 0 Å². The van der Waals surface area contributed by atoms with Gasteiger partial charge in [0.25, 0.3) is 0 Å². The summed E-state index contributed by atoms with van der Waals surface area (Å²) >= 11 is 0. The molecular weight excluding hydrogens is 653 g/mol. The van der Waals surface area contributed by atoms with Gasteiger partial charge in [-0.25, -0.2) is 9.97 Å². The highest BCUT2D eigenvalue weighted by atomic mass is 14.8. The highest BCUT2D eigenvalue weighted by Gasteiger charge is 2.20. The van der Waals surface area contributed by atoms with Gasteiger partial charge in [0, 0.05) is 16.3 Å². The minimum absolute atomic E-state index is 0.860. The van der Waals surface area contributed by atoms with Crippen LogP contribution in [0.25, 0.3) is 110 Å². The number of pyridine rings is 2. The molecule has 0 saturated heterocycles. The molecule has 54 heavy (non-hydrogen) atoms. The van der Waals surface area contributed by atoms with Crippen LogP contribution in [0, 0.1) is 0 Å². The van der Waals surface area contributed by atoms with Crippen LogP contribution < -0.4 is 0 Å². The maximum atomic E-state index is 5.35. The van der Waals surface area contributed by atoms with E-state index in [9.17, 15) is 0 Å². The van der Waals surface area contributed by atoms with E-state index in [4.69, 9.17) is 9.97 Å². The zero-order valence-corrected chi connectivity index (χ0v) is 29.4. The van der Waals surface area contributed by atoms with Gasteiger partial charge in [0.1, 0.15) is 0 Å². The van der Waals surface area contributed by atoms with E-state index >= 15 is 0 Å². The van der Waals surface area contributed by atoms with Crippen molar-refractivity contribution in [3.05, 3.63) is 194 Å². The number of fused-ring (bicyclic) bond motifs is 7. The first-order valence-corrected chi connectivity index (χ1v) is 18.5. The van der Waals surface area contributed by atoms with Crippen molar-refractivity contribution in [3.63, 3.8) is 0 Å². The van der Waals surface area contributed by atoms with Crippen molar-refractivity contribution in [2.45, 2.75) is 0 Å². The quantitative estimate of drug-likeness (QED) is 0.136. The van der Waals surface area contributed by atoms with Crippen LogP contribution >= 0.6 is 0 Å². The second-order valence-corrected chi connectivity index (χ2v) is 14.0. The predicted molar refractivity (Wildman–Crippen MR) is 229 cm³/mol. The SMILES string of the molecule is c1cc(-c2ccc3c(-c4cccc5ccccc45)c4ccccc4c(-c4cccc5ccccc45)c3c2)nc(-c2nc3ccccc3c3ccccc23)c1. The fourth-order valence-electron chi connectivity index (χ4n) is 8.63. The van der Waals surface area contributed by atoms with E-state index in [2.05, 4.69) is 194 Å². The highest BCUT2D eigenvalue weighted by molar-refractivity contribution is 6.25. The molecule has 0 unspecified atom stereocenters. The molecule has 2 nitrogen and oxygen atoms in total. The molecule has 2 aromatic heterocycles. The molecule has 11 aromatic rings. The Labute approximate surface area is 312 Å². The van der Waals surface area contributed by atoms with E-state index < -0.39 is 0 Å². The van der Waals surface area contributed by atoms with Gasteiger partial charge < -0.3 is 0 Å². The van der Waals surface area contributed by atoms with Gasteiger partial charge in [-0.2, -0.15) is 0 Å². The van der Waals surface area contributed by atoms with E-state index in [-0.39, 0.29) is 0 Å². The standard InChI is InChI=1S/C52H32N2/c1-3-18-36-33(14-1)16-11-25-40(36)50-42-22-6-7-23-43(42)51(41-26-12-17-34-15-2-4-19-37(34)41)46-32-35(30-31-44(46)50)47-28-13-29-49(53-47)52-45-24-8-5-20-38(45)39-21-9-10-27-48(39)54-52/h1-32H. The summed E-state index contributed by atoms with van der Waals surface area (Å²) in [5.74, 6) is 0. The van der Waals surface area contributed by atoms with E-state index in [1.807, 2.05) is 0 Å². The number of hydrogen-bond donors (Lipinski definition) is 0. The van der Waals surface area contributed by atoms with Crippen LogP contribution in [0.15, 0.2) is 194 Å². The zero-order valence-electron chi connectivity index (χ0n) is 29.4. The smallest absolute Gasteiger partial charge is 0.0972 e. The molecule has 0 bridgehead atoms. The minimum Gasteiger partial charge on any atom is -0.246 e. The normalized spacial score (nSPS) is 11.7. The van der Waals surface area contributed by atoms with Crippen molar-refractivity contribution in [1.82, 2.24) is 9.97 Å². The van der Waals surface area contributed by atoms with Gasteiger partial charge in [0.2, 0.25) is 0 Å². The molecule has 0 aliphatic rings. The lowest BCUT2D eigenvalue weighted by molar-refractivity contribution is 1.29. The lowest BCUT2D eigenvalue weighted by Gasteiger charge is -2.20. The Bertz CT molecular complexity index is 3280. The third-order valence-corrected chi connectivity index (χ3v) is 11.0. The summed E-state index contributed by atoms with van der Waals surface area (Å²) in [7, 11) is 0. The molecule has 0 amide bonds. The van der Waals surface area contributed by atoms with Gasteiger partial charge in [-0.1, -0.05) is 170 Å². The topological polar surface area (TPSA) is 25.8 Å². The highest BCUT2D eigenvalue weighted by Crippen LogP contribution is 2.47. The lowest BCUT2D eigenvalue weighted by atomic mass is 9.83. The van der Waals surface area contributed by atoms with Gasteiger partial charge in [0.15, 0.2) is 0 Å². The van der Waals surface area contributed by atoms with Gasteiger partial charge in [-0.15, -0.1) is 0 Å². The average Bonchev–Trinajstić information content (AvgIpc) is 3.25. The average molecular weight is 685 g/mol. The van der Waals surface area contributed by atoms with Crippen molar-refractivity contribution in [1.29, 1.82) is 0 Å². The Morgan fingerprint density at radius 1 is 0.278 bits per heavy atom. The van der Waals surface area contributed by atoms with Crippen molar-refractivity contribution in [2.24, 2.45) is 0 Å². The maximum absolute atomic E-state index is 5.35. The fraction of sp³-hybridized carbons (Fsp3) is 0. The summed E-state index contributed by atoms with van der Waals surface area (Å²) in [6, 6.07) is 69.9. The Kier molecular flexibility index (Phi) is 6.90. The zero-order chi connectivity index (χ0) is 35.6. The summed E-state index contributed by atoms with van der Waals surface area (Å²) in [6.07, 6.45) is 0. The molecule has 0 spiro atoms. The summed E-state index contributed by atoms with van der Waals surface area (Å²) in [5.41, 5.74) is 9.66. The first-order valence-electron chi connectivity index (χ1n) is 18.5. The molecule has 2 heterocycles. The molecule has 0 fully saturated rings. The number of nitrogens with zero attached hydrogens (tertiary/aromatic N) is 2. The van der Waals surface area contributed by atoms with E-state index in [0.717, 1.165) is 38.9 Å². The Balaban J connectivity index is 1.21. The van der Waals surface area contributed by atoms with Crippen LogP contribution in [0.4, 0.5) is 0 Å². The van der Waals surface area contributed by atoms with Gasteiger partial charge >= 0.3 is 0 Å². The molecular formula is C52H32N2. The van der Waals surface area contributed by atoms with Crippen LogP contribution in [0.5, 0.6) is 0 Å². The molecule has 0 aliphatic carbocycles. The van der Waals surface area contributed by atoms with Crippen molar-refractivity contribution in [3.8, 4) is 44.9 Å². The maximum Gasteiger partial charge on any atom is 0.0972 e. The first-order chi connectivity index (χ1) is 26.8. The monoisotopic (exact) mass is 684 g/mol. The molecule has 9 aromatic carbocycles. The van der Waals surface area contributed by atoms with Crippen molar-refractivity contribution in [2.75, 3.05) is 0 Å². The third-order valence-electron chi connectivity index (χ3n) is 11.0. The number of aromatic nitrogens is 2. The number of para-hydroxylation sites is 1. The van der Waals surface area contributed by atoms with Crippen molar-refractivity contribution < 1.29 is 0 Å². The minimum atomic E-state index is 0.860. The summed E-state index contributed by atoms with van der Waals surface area (Å²) in [5, 5.41) is 13.3. The fourth-order valence-corrected chi connectivity index (χ4v) is 8.63. The molecule has 0 aliphatic heterocycles.